The van der Waals surface area contributed by atoms with Gasteiger partial charge < -0.3 is 4.81 Å². The van der Waals surface area contributed by atoms with E-state index in [1.807, 2.05) is 0 Å². The fourth-order valence-electron chi connectivity index (χ4n) is 4.19. The predicted molar refractivity (Wildman–Crippen MR) is 84.0 cm³/mol. The van der Waals surface area contributed by atoms with Gasteiger partial charge in [0.05, 0.1) is 0 Å². The molecule has 4 rings (SSSR count). The van der Waals surface area contributed by atoms with Crippen LogP contribution in [0.15, 0.2) is 60.7 Å². The van der Waals surface area contributed by atoms with E-state index in [1.54, 1.807) is 0 Å². The summed E-state index contributed by atoms with van der Waals surface area (Å²) in [6.45, 7) is 1.23. The second kappa shape index (κ2) is 4.78. The summed E-state index contributed by atoms with van der Waals surface area (Å²) >= 11 is 0. The molecule has 2 heteroatoms. The van der Waals surface area contributed by atoms with E-state index in [0.29, 0.717) is 6.04 Å². The molecule has 0 aromatic heterocycles. The highest BCUT2D eigenvalue weighted by atomic mass is 15.1. The van der Waals surface area contributed by atoms with Crippen molar-refractivity contribution < 1.29 is 0 Å². The Hall–Kier alpha value is -1.54. The standard InChI is InChI=1S/C18H19BN/c1-3-8-15(9-4-1)18(16-10-5-2-6-11-16)14-19-20-13-7-12-17(18)20/h1-6,8-11,17H,7,12-14H2/t17-/m1/s1. The Balaban J connectivity index is 1.90. The van der Waals surface area contributed by atoms with Crippen molar-refractivity contribution in [2.75, 3.05) is 6.54 Å². The summed E-state index contributed by atoms with van der Waals surface area (Å²) < 4.78 is 0. The van der Waals surface area contributed by atoms with E-state index in [1.165, 1.54) is 30.5 Å². The zero-order valence-corrected chi connectivity index (χ0v) is 11.7. The fraction of sp³-hybridized carbons (Fsp3) is 0.333. The number of rotatable bonds is 2. The van der Waals surface area contributed by atoms with Crippen LogP contribution >= 0.6 is 0 Å². The maximum atomic E-state index is 2.58. The first-order valence-electron chi connectivity index (χ1n) is 7.61. The van der Waals surface area contributed by atoms with E-state index in [4.69, 9.17) is 0 Å². The highest BCUT2D eigenvalue weighted by molar-refractivity contribution is 6.34. The fourth-order valence-corrected chi connectivity index (χ4v) is 4.19. The highest BCUT2D eigenvalue weighted by Gasteiger charge is 2.51. The molecule has 2 aromatic rings. The van der Waals surface area contributed by atoms with Gasteiger partial charge >= 0.3 is 0 Å². The first kappa shape index (κ1) is 12.2. The molecule has 2 aliphatic rings. The first-order valence-corrected chi connectivity index (χ1v) is 7.61. The number of hydrogen-bond donors (Lipinski definition) is 0. The van der Waals surface area contributed by atoms with Gasteiger partial charge in [-0.05, 0) is 36.8 Å². The van der Waals surface area contributed by atoms with Crippen molar-refractivity contribution in [1.82, 2.24) is 4.81 Å². The third kappa shape index (κ3) is 1.68. The number of hydrogen-bond acceptors (Lipinski definition) is 1. The van der Waals surface area contributed by atoms with Crippen LogP contribution in [0.3, 0.4) is 0 Å². The molecule has 1 nitrogen and oxygen atoms in total. The van der Waals surface area contributed by atoms with Crippen LogP contribution in [0.5, 0.6) is 0 Å². The van der Waals surface area contributed by atoms with Crippen molar-refractivity contribution in [1.29, 1.82) is 0 Å². The molecule has 0 amide bonds. The van der Waals surface area contributed by atoms with Crippen LogP contribution in [0.1, 0.15) is 24.0 Å². The third-order valence-corrected chi connectivity index (χ3v) is 5.09. The van der Waals surface area contributed by atoms with Gasteiger partial charge in [0, 0.05) is 11.5 Å². The first-order chi connectivity index (χ1) is 9.91. The van der Waals surface area contributed by atoms with E-state index >= 15 is 0 Å². The van der Waals surface area contributed by atoms with E-state index < -0.39 is 0 Å². The molecule has 99 valence electrons. The topological polar surface area (TPSA) is 3.24 Å². The second-order valence-corrected chi connectivity index (χ2v) is 5.99. The normalized spacial score (nSPS) is 24.3. The maximum absolute atomic E-state index is 2.58. The van der Waals surface area contributed by atoms with Gasteiger partial charge in [-0.2, -0.15) is 0 Å². The zero-order chi connectivity index (χ0) is 13.4. The summed E-state index contributed by atoms with van der Waals surface area (Å²) in [5.41, 5.74) is 3.09. The molecule has 2 aliphatic heterocycles. The largest absolute Gasteiger partial charge is 0.343 e. The lowest BCUT2D eigenvalue weighted by Crippen LogP contribution is -2.39. The highest BCUT2D eigenvalue weighted by Crippen LogP contribution is 2.49. The lowest BCUT2D eigenvalue weighted by molar-refractivity contribution is 0.340. The van der Waals surface area contributed by atoms with Crippen molar-refractivity contribution in [3.63, 3.8) is 0 Å². The zero-order valence-electron chi connectivity index (χ0n) is 11.7. The summed E-state index contributed by atoms with van der Waals surface area (Å²) in [5, 5.41) is 0. The van der Waals surface area contributed by atoms with Gasteiger partial charge in [0.2, 0.25) is 7.41 Å². The average molecular weight is 260 g/mol. The van der Waals surface area contributed by atoms with Crippen LogP contribution in [-0.2, 0) is 5.41 Å². The lowest BCUT2D eigenvalue weighted by Gasteiger charge is -2.37. The summed E-state index contributed by atoms with van der Waals surface area (Å²) in [5.74, 6) is 0. The van der Waals surface area contributed by atoms with Gasteiger partial charge in [-0.1, -0.05) is 60.7 Å². The Morgan fingerprint density at radius 2 is 1.50 bits per heavy atom. The molecule has 2 fully saturated rings. The van der Waals surface area contributed by atoms with Gasteiger partial charge in [-0.25, -0.2) is 0 Å². The quantitative estimate of drug-likeness (QED) is 0.747. The molecule has 2 saturated heterocycles. The Morgan fingerprint density at radius 3 is 2.10 bits per heavy atom. The average Bonchev–Trinajstić information content (AvgIpc) is 3.11. The smallest absolute Gasteiger partial charge is 0.210 e. The van der Waals surface area contributed by atoms with Gasteiger partial charge in [-0.3, -0.25) is 0 Å². The van der Waals surface area contributed by atoms with Gasteiger partial charge in [0.25, 0.3) is 0 Å². The van der Waals surface area contributed by atoms with Crippen molar-refractivity contribution in [2.45, 2.75) is 30.6 Å². The van der Waals surface area contributed by atoms with E-state index in [0.717, 1.165) is 6.32 Å². The van der Waals surface area contributed by atoms with Crippen molar-refractivity contribution in [2.24, 2.45) is 0 Å². The van der Waals surface area contributed by atoms with E-state index in [2.05, 4.69) is 72.9 Å². The molecule has 1 radical (unpaired) electrons. The maximum Gasteiger partial charge on any atom is 0.210 e. The van der Waals surface area contributed by atoms with Crippen LogP contribution in [0.2, 0.25) is 6.32 Å². The number of fused-ring (bicyclic) bond motifs is 1. The van der Waals surface area contributed by atoms with Crippen molar-refractivity contribution in [3.05, 3.63) is 71.8 Å². The predicted octanol–water partition coefficient (Wildman–Crippen LogP) is 3.49. The minimum absolute atomic E-state index is 0.152. The molecule has 0 aliphatic carbocycles. The number of benzene rings is 2. The molecular formula is C18H19BN. The van der Waals surface area contributed by atoms with Crippen LogP contribution in [-0.4, -0.2) is 24.8 Å². The Labute approximate surface area is 121 Å². The van der Waals surface area contributed by atoms with Gasteiger partial charge in [0.1, 0.15) is 0 Å². The number of nitrogens with zero attached hydrogens (tertiary/aromatic N) is 1. The van der Waals surface area contributed by atoms with Crippen molar-refractivity contribution in [3.8, 4) is 0 Å². The molecule has 0 unspecified atom stereocenters. The molecule has 0 N–H and O–H groups in total. The van der Waals surface area contributed by atoms with Crippen LogP contribution < -0.4 is 0 Å². The Bertz CT molecular complexity index is 541. The minimum Gasteiger partial charge on any atom is -0.343 e. The molecule has 20 heavy (non-hydrogen) atoms. The van der Waals surface area contributed by atoms with Gasteiger partial charge in [-0.15, -0.1) is 0 Å². The van der Waals surface area contributed by atoms with Gasteiger partial charge in [0.15, 0.2) is 0 Å². The summed E-state index contributed by atoms with van der Waals surface area (Å²) in [6.07, 6.45) is 3.76. The van der Waals surface area contributed by atoms with Crippen LogP contribution in [0.25, 0.3) is 0 Å². The second-order valence-electron chi connectivity index (χ2n) is 5.99. The van der Waals surface area contributed by atoms with Crippen LogP contribution in [0.4, 0.5) is 0 Å². The summed E-state index contributed by atoms with van der Waals surface area (Å²) in [4.78, 5) is 2.58. The summed E-state index contributed by atoms with van der Waals surface area (Å²) in [7, 11) is 2.44. The molecular weight excluding hydrogens is 241 g/mol. The molecule has 0 bridgehead atoms. The lowest BCUT2D eigenvalue weighted by atomic mass is 9.64. The Morgan fingerprint density at radius 1 is 0.900 bits per heavy atom. The van der Waals surface area contributed by atoms with Crippen LogP contribution in [0, 0.1) is 0 Å². The molecule has 1 atom stereocenters. The summed E-state index contributed by atoms with van der Waals surface area (Å²) in [6, 6.07) is 22.8. The van der Waals surface area contributed by atoms with E-state index in [9.17, 15) is 0 Å². The minimum atomic E-state index is 0.152. The van der Waals surface area contributed by atoms with E-state index in [-0.39, 0.29) is 5.41 Å². The molecule has 2 heterocycles. The van der Waals surface area contributed by atoms with Crippen molar-refractivity contribution >= 4 is 7.41 Å². The molecule has 0 saturated carbocycles. The SMILES string of the molecule is [B]1CC(c2ccccc2)(c2ccccc2)[C@H]2CCCN12. The molecule has 0 spiro atoms. The molecule has 2 aromatic carbocycles. The monoisotopic (exact) mass is 260 g/mol. The Kier molecular flexibility index (Phi) is 2.92. The third-order valence-electron chi connectivity index (χ3n) is 5.09.